The lowest BCUT2D eigenvalue weighted by Gasteiger charge is -2.03. The van der Waals surface area contributed by atoms with Crippen molar-refractivity contribution < 1.29 is 0 Å². The van der Waals surface area contributed by atoms with Gasteiger partial charge in [0, 0.05) is 0 Å². The Morgan fingerprint density at radius 2 is 1.90 bits per heavy atom. The van der Waals surface area contributed by atoms with E-state index >= 15 is 0 Å². The quantitative estimate of drug-likeness (QED) is 0.312. The summed E-state index contributed by atoms with van der Waals surface area (Å²) in [5.41, 5.74) is 0. The molecule has 1 heteroatoms. The molecule has 0 aliphatic rings. The fourth-order valence-electron chi connectivity index (χ4n) is 1.25. The Hall–Kier alpha value is 0.272. The van der Waals surface area contributed by atoms with Crippen molar-refractivity contribution in [3.8, 4) is 0 Å². The van der Waals surface area contributed by atoms with Crippen LogP contribution in [0.2, 0.25) is 15.8 Å². The van der Waals surface area contributed by atoms with E-state index < -0.39 is 0 Å². The van der Waals surface area contributed by atoms with E-state index in [2.05, 4.69) is 20.4 Å². The molecule has 0 saturated carbocycles. The first kappa shape index (κ1) is 10.3. The SMILES string of the molecule is C=CCC[CH2][Al]([CH2]C)[CH2]C. The van der Waals surface area contributed by atoms with Crippen LogP contribution in [-0.2, 0) is 0 Å². The lowest BCUT2D eigenvalue weighted by atomic mass is 10.3. The Morgan fingerprint density at radius 3 is 2.30 bits per heavy atom. The van der Waals surface area contributed by atoms with Gasteiger partial charge in [0.1, 0.15) is 0 Å². The molecule has 0 rings (SSSR count). The monoisotopic (exact) mass is 154 g/mol. The minimum Gasteiger partial charge on any atom is -0.103 e. The predicted molar refractivity (Wildman–Crippen MR) is 51.0 cm³/mol. The van der Waals surface area contributed by atoms with E-state index in [-0.39, 0.29) is 14.1 Å². The Morgan fingerprint density at radius 1 is 1.30 bits per heavy atom. The Labute approximate surface area is 69.7 Å². The number of allylic oxidation sites excluding steroid dienone is 1. The lowest BCUT2D eigenvalue weighted by molar-refractivity contribution is 0.935. The highest BCUT2D eigenvalue weighted by atomic mass is 27.2. The van der Waals surface area contributed by atoms with Gasteiger partial charge in [0.15, 0.2) is 0 Å². The van der Waals surface area contributed by atoms with Crippen molar-refractivity contribution in [1.29, 1.82) is 0 Å². The molecule has 0 fully saturated rings. The fraction of sp³-hybridized carbons (Fsp3) is 0.778. The molecular formula is C9H19Al. The highest BCUT2D eigenvalue weighted by Gasteiger charge is 2.09. The lowest BCUT2D eigenvalue weighted by Crippen LogP contribution is -2.07. The molecule has 0 aromatic rings. The van der Waals surface area contributed by atoms with Crippen LogP contribution in [0.25, 0.3) is 0 Å². The average Bonchev–Trinajstić information content (AvgIpc) is 1.99. The molecular weight excluding hydrogens is 135 g/mol. The van der Waals surface area contributed by atoms with Crippen LogP contribution >= 0.6 is 0 Å². The summed E-state index contributed by atoms with van der Waals surface area (Å²) in [6, 6.07) is 0. The van der Waals surface area contributed by atoms with Crippen LogP contribution in [0.4, 0.5) is 0 Å². The van der Waals surface area contributed by atoms with Crippen molar-refractivity contribution in [2.75, 3.05) is 0 Å². The molecule has 0 amide bonds. The van der Waals surface area contributed by atoms with E-state index in [4.69, 9.17) is 0 Å². The molecule has 58 valence electrons. The molecule has 0 nitrogen and oxygen atoms in total. The van der Waals surface area contributed by atoms with E-state index in [1.807, 2.05) is 6.08 Å². The summed E-state index contributed by atoms with van der Waals surface area (Å²) in [7, 11) is 0. The number of hydrogen-bond acceptors (Lipinski definition) is 0. The third-order valence-corrected chi connectivity index (χ3v) is 5.71. The molecule has 0 aromatic carbocycles. The zero-order chi connectivity index (χ0) is 7.82. The summed E-state index contributed by atoms with van der Waals surface area (Å²) in [5, 5.41) is 4.49. The van der Waals surface area contributed by atoms with Crippen molar-refractivity contribution in [3.05, 3.63) is 12.7 Å². The van der Waals surface area contributed by atoms with Gasteiger partial charge in [-0.2, -0.15) is 0 Å². The molecule has 0 heterocycles. The van der Waals surface area contributed by atoms with Crippen LogP contribution in [-0.4, -0.2) is 14.1 Å². The van der Waals surface area contributed by atoms with E-state index in [9.17, 15) is 0 Å². The second-order valence-electron chi connectivity index (χ2n) is 2.90. The first-order valence-electron chi connectivity index (χ1n) is 4.46. The minimum absolute atomic E-state index is 0.271. The Bertz CT molecular complexity index is 74.8. The van der Waals surface area contributed by atoms with Crippen LogP contribution < -0.4 is 0 Å². The normalized spacial score (nSPS) is 9.40. The van der Waals surface area contributed by atoms with Crippen molar-refractivity contribution in [1.82, 2.24) is 0 Å². The summed E-state index contributed by atoms with van der Waals surface area (Å²) in [6.45, 7) is 8.41. The van der Waals surface area contributed by atoms with Crippen molar-refractivity contribution in [3.63, 3.8) is 0 Å². The topological polar surface area (TPSA) is 0 Å². The van der Waals surface area contributed by atoms with E-state index in [0.717, 1.165) is 0 Å². The van der Waals surface area contributed by atoms with Gasteiger partial charge in [-0.25, -0.2) is 0 Å². The number of unbranched alkanes of at least 4 members (excludes halogenated alkanes) is 1. The van der Waals surface area contributed by atoms with E-state index in [0.29, 0.717) is 0 Å². The van der Waals surface area contributed by atoms with Gasteiger partial charge in [0.25, 0.3) is 14.1 Å². The second kappa shape index (κ2) is 7.38. The van der Waals surface area contributed by atoms with Gasteiger partial charge in [-0.1, -0.05) is 42.2 Å². The second-order valence-corrected chi connectivity index (χ2v) is 6.84. The molecule has 0 aliphatic heterocycles. The molecule has 0 unspecified atom stereocenters. The van der Waals surface area contributed by atoms with Gasteiger partial charge in [-0.3, -0.25) is 0 Å². The summed E-state index contributed by atoms with van der Waals surface area (Å²) < 4.78 is 0. The highest BCUT2D eigenvalue weighted by molar-refractivity contribution is 6.58. The molecule has 10 heavy (non-hydrogen) atoms. The molecule has 0 radical (unpaired) electrons. The van der Waals surface area contributed by atoms with E-state index in [1.165, 1.54) is 28.7 Å². The van der Waals surface area contributed by atoms with Crippen molar-refractivity contribution >= 4 is 14.1 Å². The maximum atomic E-state index is 3.72. The molecule has 0 N–H and O–H groups in total. The highest BCUT2D eigenvalue weighted by Crippen LogP contribution is 2.09. The van der Waals surface area contributed by atoms with Gasteiger partial charge in [0.05, 0.1) is 0 Å². The number of hydrogen-bond donors (Lipinski definition) is 0. The maximum absolute atomic E-state index is 3.72. The number of rotatable bonds is 6. The largest absolute Gasteiger partial charge is 0.261 e. The van der Waals surface area contributed by atoms with Crippen LogP contribution in [0.15, 0.2) is 12.7 Å². The Balaban J connectivity index is 3.16. The first-order valence-corrected chi connectivity index (χ1v) is 6.90. The van der Waals surface area contributed by atoms with Crippen molar-refractivity contribution in [2.24, 2.45) is 0 Å². The molecule has 0 bridgehead atoms. The summed E-state index contributed by atoms with van der Waals surface area (Å²) in [6.07, 6.45) is 4.66. The zero-order valence-electron chi connectivity index (χ0n) is 7.40. The maximum Gasteiger partial charge on any atom is 0.261 e. The van der Waals surface area contributed by atoms with Gasteiger partial charge in [-0.15, -0.1) is 6.58 Å². The molecule has 0 aliphatic carbocycles. The third-order valence-electron chi connectivity index (χ3n) is 2.18. The molecule has 0 saturated heterocycles. The standard InChI is InChI=1S/C5H9.2C2H5.Al/c1-3-5-4-2;2*1-2;/h3H,1-2,4-5H2;2*1H2,2H3;. The fourth-order valence-corrected chi connectivity index (χ4v) is 3.45. The minimum atomic E-state index is -0.271. The van der Waals surface area contributed by atoms with Crippen LogP contribution in [0, 0.1) is 0 Å². The predicted octanol–water partition coefficient (Wildman–Crippen LogP) is 3.49. The average molecular weight is 154 g/mol. The molecule has 0 aromatic heterocycles. The zero-order valence-corrected chi connectivity index (χ0v) is 8.55. The van der Waals surface area contributed by atoms with Crippen LogP contribution in [0.3, 0.4) is 0 Å². The van der Waals surface area contributed by atoms with Crippen LogP contribution in [0.5, 0.6) is 0 Å². The summed E-state index contributed by atoms with van der Waals surface area (Å²) in [5.74, 6) is 0. The van der Waals surface area contributed by atoms with Gasteiger partial charge in [0.2, 0.25) is 0 Å². The first-order chi connectivity index (χ1) is 4.85. The van der Waals surface area contributed by atoms with Crippen LogP contribution in [0.1, 0.15) is 26.7 Å². The summed E-state index contributed by atoms with van der Waals surface area (Å²) >= 11 is -0.271. The van der Waals surface area contributed by atoms with Gasteiger partial charge >= 0.3 is 0 Å². The van der Waals surface area contributed by atoms with Gasteiger partial charge < -0.3 is 0 Å². The third kappa shape index (κ3) is 5.09. The smallest absolute Gasteiger partial charge is 0.103 e. The Kier molecular flexibility index (Phi) is 7.58. The summed E-state index contributed by atoms with van der Waals surface area (Å²) in [4.78, 5) is 0. The molecule has 0 spiro atoms. The van der Waals surface area contributed by atoms with E-state index in [1.54, 1.807) is 0 Å². The molecule has 0 atom stereocenters. The van der Waals surface area contributed by atoms with Gasteiger partial charge in [-0.05, 0) is 6.42 Å². The van der Waals surface area contributed by atoms with Crippen molar-refractivity contribution in [2.45, 2.75) is 42.5 Å².